The summed E-state index contributed by atoms with van der Waals surface area (Å²) in [7, 11) is 4.66. The maximum atomic E-state index is 12.9. The molecule has 2 aromatic rings. The molecule has 0 N–H and O–H groups in total. The zero-order valence-electron chi connectivity index (χ0n) is 14.8. The minimum absolute atomic E-state index is 0.0553. The van der Waals surface area contributed by atoms with Gasteiger partial charge in [0.1, 0.15) is 6.10 Å². The van der Waals surface area contributed by atoms with Crippen molar-refractivity contribution in [1.82, 2.24) is 0 Å². The third-order valence-electron chi connectivity index (χ3n) is 6.01. The lowest BCUT2D eigenvalue weighted by Crippen LogP contribution is -2.56. The third-order valence-corrected chi connectivity index (χ3v) is 7.41. The van der Waals surface area contributed by atoms with E-state index >= 15 is 0 Å². The van der Waals surface area contributed by atoms with Crippen molar-refractivity contribution in [3.8, 4) is 0 Å². The molecule has 0 saturated carbocycles. The van der Waals surface area contributed by atoms with Gasteiger partial charge < -0.3 is 9.22 Å². The Morgan fingerprint density at radius 3 is 2.44 bits per heavy atom. The fourth-order valence-electron chi connectivity index (χ4n) is 4.37. The number of anilines is 1. The summed E-state index contributed by atoms with van der Waals surface area (Å²) in [6, 6.07) is 5.31. The predicted molar refractivity (Wildman–Crippen MR) is 103 cm³/mol. The lowest BCUT2D eigenvalue weighted by atomic mass is 9.98. The number of nitrogens with zero attached hydrogens (tertiary/aromatic N) is 2. The average molecular weight is 378 g/mol. The van der Waals surface area contributed by atoms with Gasteiger partial charge in [0.05, 0.1) is 38.4 Å². The summed E-state index contributed by atoms with van der Waals surface area (Å²) in [5.74, 6) is 0. The highest BCUT2D eigenvalue weighted by Crippen LogP contribution is 2.40. The first-order chi connectivity index (χ1) is 12.0. The largest absolute Gasteiger partial charge is 0.445 e. The van der Waals surface area contributed by atoms with Crippen LogP contribution in [0.3, 0.4) is 0 Å². The highest BCUT2D eigenvalue weighted by molar-refractivity contribution is 7.08. The molecule has 2 aliphatic heterocycles. The van der Waals surface area contributed by atoms with E-state index in [-0.39, 0.29) is 12.2 Å². The van der Waals surface area contributed by atoms with Crippen molar-refractivity contribution >= 4 is 34.5 Å². The molecule has 1 amide bonds. The summed E-state index contributed by atoms with van der Waals surface area (Å²) < 4.78 is 7.08. The van der Waals surface area contributed by atoms with Crippen LogP contribution >= 0.6 is 22.7 Å². The van der Waals surface area contributed by atoms with Gasteiger partial charge in [-0.25, -0.2) is 4.79 Å². The van der Waals surface area contributed by atoms with Crippen LogP contribution in [0.2, 0.25) is 0 Å². The van der Waals surface area contributed by atoms with Gasteiger partial charge in [-0.05, 0) is 33.8 Å². The van der Waals surface area contributed by atoms with Crippen molar-refractivity contribution in [1.29, 1.82) is 0 Å². The van der Waals surface area contributed by atoms with Gasteiger partial charge >= 0.3 is 6.09 Å². The number of rotatable bonds is 4. The molecule has 2 saturated heterocycles. The van der Waals surface area contributed by atoms with Crippen LogP contribution in [0.15, 0.2) is 33.7 Å². The Morgan fingerprint density at radius 1 is 1.16 bits per heavy atom. The van der Waals surface area contributed by atoms with E-state index in [1.54, 1.807) is 27.6 Å². The quantitative estimate of drug-likeness (QED) is 0.722. The molecular weight excluding hydrogens is 352 g/mol. The summed E-state index contributed by atoms with van der Waals surface area (Å²) in [6.07, 6.45) is 4.35. The van der Waals surface area contributed by atoms with E-state index in [9.17, 15) is 4.79 Å². The van der Waals surface area contributed by atoms with Gasteiger partial charge in [0.15, 0.2) is 0 Å². The number of amides is 1. The maximum Gasteiger partial charge on any atom is 0.414 e. The van der Waals surface area contributed by atoms with Crippen LogP contribution in [0.1, 0.15) is 31.2 Å². The molecule has 2 aliphatic rings. The Labute approximate surface area is 157 Å². The Morgan fingerprint density at radius 2 is 1.84 bits per heavy atom. The fraction of sp³-hybridized carbons (Fsp3) is 0.526. The smallest absolute Gasteiger partial charge is 0.414 e. The number of carbonyl (C=O) groups excluding carboxylic acids is 1. The second kappa shape index (κ2) is 6.74. The standard InChI is InChI=1S/C19H25N2O2S2/c1-21(2)16-3-4-17(21)10-18(9-16)23-19(22)20(15-6-8-25-13-15)11-14-5-7-24-12-14/h5-8,12-13,16-18H,3-4,9-11H2,1-2H3/q+1/t16-,17+,18?. The molecule has 2 fully saturated rings. The van der Waals surface area contributed by atoms with Crippen molar-refractivity contribution in [3.05, 3.63) is 39.2 Å². The summed E-state index contributed by atoms with van der Waals surface area (Å²) >= 11 is 3.26. The molecule has 2 aromatic heterocycles. The van der Waals surface area contributed by atoms with E-state index in [0.29, 0.717) is 18.6 Å². The molecule has 6 heteroatoms. The Bertz CT molecular complexity index is 696. The minimum Gasteiger partial charge on any atom is -0.445 e. The Balaban J connectivity index is 1.46. The summed E-state index contributed by atoms with van der Waals surface area (Å²) in [5, 5.41) is 8.15. The van der Waals surface area contributed by atoms with Crippen molar-refractivity contribution in [2.24, 2.45) is 0 Å². The molecule has 0 radical (unpaired) electrons. The van der Waals surface area contributed by atoms with Crippen molar-refractivity contribution in [3.63, 3.8) is 0 Å². The highest BCUT2D eigenvalue weighted by atomic mass is 32.1. The molecule has 134 valence electrons. The Kier molecular flexibility index (Phi) is 4.60. The van der Waals surface area contributed by atoms with E-state index in [1.165, 1.54) is 12.8 Å². The molecule has 0 spiro atoms. The number of hydrogen-bond donors (Lipinski definition) is 0. The zero-order chi connectivity index (χ0) is 17.4. The van der Waals surface area contributed by atoms with Gasteiger partial charge in [0, 0.05) is 31.1 Å². The fourth-order valence-corrected chi connectivity index (χ4v) is 5.67. The molecule has 0 aromatic carbocycles. The van der Waals surface area contributed by atoms with Crippen LogP contribution in [-0.4, -0.2) is 42.9 Å². The number of thiophene rings is 2. The van der Waals surface area contributed by atoms with Crippen molar-refractivity contribution < 1.29 is 14.0 Å². The maximum absolute atomic E-state index is 12.9. The van der Waals surface area contributed by atoms with Crippen LogP contribution in [0, 0.1) is 0 Å². The van der Waals surface area contributed by atoms with Gasteiger partial charge in [0.25, 0.3) is 0 Å². The Hall–Kier alpha value is -1.37. The van der Waals surface area contributed by atoms with E-state index in [1.807, 2.05) is 22.2 Å². The van der Waals surface area contributed by atoms with Gasteiger partial charge in [-0.2, -0.15) is 22.7 Å². The first kappa shape index (κ1) is 17.1. The summed E-state index contributed by atoms with van der Waals surface area (Å²) in [4.78, 5) is 14.7. The molecule has 25 heavy (non-hydrogen) atoms. The van der Waals surface area contributed by atoms with Gasteiger partial charge in [-0.3, -0.25) is 4.90 Å². The molecule has 1 unspecified atom stereocenters. The van der Waals surface area contributed by atoms with E-state index in [4.69, 9.17) is 4.74 Å². The zero-order valence-corrected chi connectivity index (χ0v) is 16.4. The van der Waals surface area contributed by atoms with Crippen molar-refractivity contribution in [2.45, 2.75) is 50.4 Å². The van der Waals surface area contributed by atoms with Gasteiger partial charge in [-0.1, -0.05) is 0 Å². The third kappa shape index (κ3) is 3.35. The number of piperidine rings is 1. The molecule has 4 nitrogen and oxygen atoms in total. The van der Waals surface area contributed by atoms with Gasteiger partial charge in [0.2, 0.25) is 0 Å². The SMILES string of the molecule is C[N+]1(C)[C@@H]2CC[C@H]1CC(OC(=O)N(Cc1ccsc1)c1ccsc1)C2. The molecule has 4 rings (SSSR count). The number of quaternary nitrogens is 1. The van der Waals surface area contributed by atoms with E-state index in [0.717, 1.165) is 28.6 Å². The topological polar surface area (TPSA) is 29.5 Å². The average Bonchev–Trinajstić information content (AvgIpc) is 3.28. The van der Waals surface area contributed by atoms with E-state index in [2.05, 4.69) is 25.5 Å². The highest BCUT2D eigenvalue weighted by Gasteiger charge is 2.50. The number of fused-ring (bicyclic) bond motifs is 2. The lowest BCUT2D eigenvalue weighted by Gasteiger charge is -2.44. The molecule has 0 aliphatic carbocycles. The lowest BCUT2D eigenvalue weighted by molar-refractivity contribution is -0.931. The normalized spacial score (nSPS) is 27.2. The minimum atomic E-state index is -0.207. The van der Waals surface area contributed by atoms with Crippen LogP contribution in [-0.2, 0) is 11.3 Å². The number of carbonyl (C=O) groups is 1. The summed E-state index contributed by atoms with van der Waals surface area (Å²) in [5.41, 5.74) is 2.07. The van der Waals surface area contributed by atoms with Gasteiger partial charge in [-0.15, -0.1) is 0 Å². The second-order valence-corrected chi connectivity index (χ2v) is 9.25. The molecule has 2 bridgehead atoms. The monoisotopic (exact) mass is 377 g/mol. The van der Waals surface area contributed by atoms with Crippen LogP contribution in [0.5, 0.6) is 0 Å². The van der Waals surface area contributed by atoms with E-state index < -0.39 is 0 Å². The molecule has 3 atom stereocenters. The van der Waals surface area contributed by atoms with Crippen LogP contribution in [0.4, 0.5) is 10.5 Å². The number of hydrogen-bond acceptors (Lipinski definition) is 4. The summed E-state index contributed by atoms with van der Waals surface area (Å²) in [6.45, 7) is 0.570. The van der Waals surface area contributed by atoms with Crippen molar-refractivity contribution in [2.75, 3.05) is 19.0 Å². The number of ether oxygens (including phenoxy) is 1. The van der Waals surface area contributed by atoms with Crippen LogP contribution in [0.25, 0.3) is 0 Å². The first-order valence-electron chi connectivity index (χ1n) is 8.89. The molecular formula is C19H25N2O2S2+. The molecule has 4 heterocycles. The second-order valence-electron chi connectivity index (χ2n) is 7.69. The van der Waals surface area contributed by atoms with Crippen LogP contribution < -0.4 is 4.90 Å². The first-order valence-corrected chi connectivity index (χ1v) is 10.8. The predicted octanol–water partition coefficient (Wildman–Crippen LogP) is 4.72.